The first-order valence-electron chi connectivity index (χ1n) is 4.86. The standard InChI is InChI=1S/C8H12F2N2O3S/c9-8(10)16(14,15)12-5-3-1-2-4-7(12)11-6-13/h7-8H,1-5H2. The number of carbonyl (C=O) groups excluding carboxylic acids is 1. The summed E-state index contributed by atoms with van der Waals surface area (Å²) in [4.78, 5) is 13.4. The van der Waals surface area contributed by atoms with Crippen molar-refractivity contribution >= 4 is 16.1 Å². The summed E-state index contributed by atoms with van der Waals surface area (Å²) >= 11 is 0. The van der Waals surface area contributed by atoms with Gasteiger partial charge in [0.05, 0.1) is 0 Å². The van der Waals surface area contributed by atoms with Gasteiger partial charge < -0.3 is 0 Å². The number of nitrogens with zero attached hydrogens (tertiary/aromatic N) is 2. The van der Waals surface area contributed by atoms with Crippen molar-refractivity contribution in [3.05, 3.63) is 0 Å². The second kappa shape index (κ2) is 5.47. The van der Waals surface area contributed by atoms with E-state index in [1.165, 1.54) is 6.08 Å². The molecule has 0 N–H and O–H groups in total. The molecule has 1 saturated heterocycles. The third-order valence-electron chi connectivity index (χ3n) is 2.43. The number of isocyanates is 1. The molecule has 1 rings (SSSR count). The molecule has 0 amide bonds. The van der Waals surface area contributed by atoms with Gasteiger partial charge in [0, 0.05) is 6.54 Å². The lowest BCUT2D eigenvalue weighted by molar-refractivity contribution is 0.209. The van der Waals surface area contributed by atoms with Crippen molar-refractivity contribution in [3.63, 3.8) is 0 Å². The highest BCUT2D eigenvalue weighted by molar-refractivity contribution is 7.89. The summed E-state index contributed by atoms with van der Waals surface area (Å²) in [5.41, 5.74) is 0. The SMILES string of the molecule is O=C=NC1CCCCCN1S(=O)(=O)C(F)F. The molecule has 0 saturated carbocycles. The van der Waals surface area contributed by atoms with Gasteiger partial charge in [-0.2, -0.15) is 18.1 Å². The zero-order valence-electron chi connectivity index (χ0n) is 8.47. The minimum Gasteiger partial charge on any atom is -0.211 e. The smallest absolute Gasteiger partial charge is 0.211 e. The van der Waals surface area contributed by atoms with E-state index in [0.717, 1.165) is 6.42 Å². The molecule has 1 aliphatic rings. The van der Waals surface area contributed by atoms with Gasteiger partial charge in [-0.1, -0.05) is 6.42 Å². The number of halogens is 2. The van der Waals surface area contributed by atoms with Crippen molar-refractivity contribution in [1.82, 2.24) is 4.31 Å². The number of aliphatic imine (C=N–C) groups is 1. The number of hydrogen-bond donors (Lipinski definition) is 0. The molecule has 0 spiro atoms. The maximum absolute atomic E-state index is 12.4. The molecule has 8 heteroatoms. The quantitative estimate of drug-likeness (QED) is 0.559. The fourth-order valence-electron chi connectivity index (χ4n) is 1.65. The van der Waals surface area contributed by atoms with E-state index in [4.69, 9.17) is 0 Å². The second-order valence-electron chi connectivity index (χ2n) is 3.47. The van der Waals surface area contributed by atoms with Gasteiger partial charge in [-0.15, -0.1) is 0 Å². The van der Waals surface area contributed by atoms with Gasteiger partial charge in [-0.3, -0.25) is 0 Å². The van der Waals surface area contributed by atoms with Crippen LogP contribution in [0.4, 0.5) is 8.78 Å². The highest BCUT2D eigenvalue weighted by Crippen LogP contribution is 2.23. The summed E-state index contributed by atoms with van der Waals surface area (Å²) < 4.78 is 48.0. The van der Waals surface area contributed by atoms with Crippen molar-refractivity contribution in [3.8, 4) is 0 Å². The third-order valence-corrected chi connectivity index (χ3v) is 3.96. The highest BCUT2D eigenvalue weighted by Gasteiger charge is 2.37. The lowest BCUT2D eigenvalue weighted by atomic mass is 10.2. The van der Waals surface area contributed by atoms with Crippen LogP contribution in [-0.2, 0) is 14.8 Å². The van der Waals surface area contributed by atoms with Crippen molar-refractivity contribution in [2.45, 2.75) is 37.6 Å². The molecular weight excluding hydrogens is 242 g/mol. The summed E-state index contributed by atoms with van der Waals surface area (Å²) in [6.45, 7) is -0.0253. The van der Waals surface area contributed by atoms with Crippen molar-refractivity contribution < 1.29 is 22.0 Å². The normalized spacial score (nSPS) is 23.8. The number of rotatable bonds is 3. The molecule has 0 aromatic rings. The monoisotopic (exact) mass is 254 g/mol. The first-order chi connectivity index (χ1) is 7.50. The second-order valence-corrected chi connectivity index (χ2v) is 5.32. The topological polar surface area (TPSA) is 66.8 Å². The van der Waals surface area contributed by atoms with Crippen molar-refractivity contribution in [1.29, 1.82) is 0 Å². The zero-order chi connectivity index (χ0) is 12.2. The zero-order valence-corrected chi connectivity index (χ0v) is 9.29. The van der Waals surface area contributed by atoms with E-state index >= 15 is 0 Å². The first kappa shape index (κ1) is 13.2. The fourth-order valence-corrected chi connectivity index (χ4v) is 2.73. The summed E-state index contributed by atoms with van der Waals surface area (Å²) in [7, 11) is -4.67. The molecule has 5 nitrogen and oxygen atoms in total. The van der Waals surface area contributed by atoms with Crippen LogP contribution in [0.25, 0.3) is 0 Å². The molecular formula is C8H12F2N2O3S. The van der Waals surface area contributed by atoms with E-state index in [2.05, 4.69) is 4.99 Å². The van der Waals surface area contributed by atoms with Crippen molar-refractivity contribution in [2.75, 3.05) is 6.54 Å². The molecule has 1 atom stereocenters. The number of sulfonamides is 1. The van der Waals surface area contributed by atoms with Gasteiger partial charge >= 0.3 is 5.76 Å². The molecule has 1 aliphatic heterocycles. The summed E-state index contributed by atoms with van der Waals surface area (Å²) in [6, 6.07) is 0. The molecule has 0 aliphatic carbocycles. The Morgan fingerprint density at radius 1 is 1.31 bits per heavy atom. The molecule has 92 valence electrons. The Morgan fingerprint density at radius 3 is 2.56 bits per heavy atom. The van der Waals surface area contributed by atoms with Crippen LogP contribution in [0.1, 0.15) is 25.7 Å². The fraction of sp³-hybridized carbons (Fsp3) is 0.875. The first-order valence-corrected chi connectivity index (χ1v) is 6.36. The molecule has 1 heterocycles. The minimum absolute atomic E-state index is 0.0253. The van der Waals surface area contributed by atoms with Crippen LogP contribution >= 0.6 is 0 Å². The average molecular weight is 254 g/mol. The van der Waals surface area contributed by atoms with Gasteiger partial charge in [-0.05, 0) is 19.3 Å². The van der Waals surface area contributed by atoms with Crippen LogP contribution in [0, 0.1) is 0 Å². The maximum atomic E-state index is 12.4. The van der Waals surface area contributed by atoms with Crippen LogP contribution < -0.4 is 0 Å². The minimum atomic E-state index is -4.67. The van der Waals surface area contributed by atoms with Gasteiger partial charge in [0.2, 0.25) is 6.08 Å². The van der Waals surface area contributed by atoms with Crippen LogP contribution in [0.5, 0.6) is 0 Å². The number of alkyl halides is 2. The predicted octanol–water partition coefficient (Wildman–Crippen LogP) is 1.08. The van der Waals surface area contributed by atoms with E-state index < -0.39 is 21.9 Å². The number of hydrogen-bond acceptors (Lipinski definition) is 4. The lowest BCUT2D eigenvalue weighted by Gasteiger charge is -2.24. The van der Waals surface area contributed by atoms with Crippen LogP contribution in [0.15, 0.2) is 4.99 Å². The molecule has 0 radical (unpaired) electrons. The lowest BCUT2D eigenvalue weighted by Crippen LogP contribution is -2.41. The Hall–Kier alpha value is -0.850. The van der Waals surface area contributed by atoms with Crippen LogP contribution in [-0.4, -0.2) is 37.3 Å². The summed E-state index contributed by atoms with van der Waals surface area (Å²) in [5.74, 6) is -3.48. The third kappa shape index (κ3) is 2.84. The van der Waals surface area contributed by atoms with Gasteiger partial charge in [0.1, 0.15) is 6.17 Å². The Labute approximate surface area is 92.2 Å². The largest absolute Gasteiger partial charge is 0.350 e. The Kier molecular flexibility index (Phi) is 4.52. The van der Waals surface area contributed by atoms with Gasteiger partial charge in [0.25, 0.3) is 10.0 Å². The maximum Gasteiger partial charge on any atom is 0.350 e. The molecule has 1 fully saturated rings. The van der Waals surface area contributed by atoms with Gasteiger partial charge in [0.15, 0.2) is 0 Å². The summed E-state index contributed by atoms with van der Waals surface area (Å²) in [5, 5.41) is 0. The van der Waals surface area contributed by atoms with E-state index in [1.807, 2.05) is 0 Å². The molecule has 0 aromatic heterocycles. The Bertz CT molecular complexity index is 379. The van der Waals surface area contributed by atoms with Crippen LogP contribution in [0.3, 0.4) is 0 Å². The Balaban J connectivity index is 3.00. The van der Waals surface area contributed by atoms with E-state index in [9.17, 15) is 22.0 Å². The van der Waals surface area contributed by atoms with Gasteiger partial charge in [-0.25, -0.2) is 13.2 Å². The Morgan fingerprint density at radius 2 is 2.00 bits per heavy atom. The van der Waals surface area contributed by atoms with Crippen LogP contribution in [0.2, 0.25) is 0 Å². The van der Waals surface area contributed by atoms with E-state index in [-0.39, 0.29) is 13.0 Å². The van der Waals surface area contributed by atoms with E-state index in [1.54, 1.807) is 0 Å². The molecule has 16 heavy (non-hydrogen) atoms. The molecule has 0 bridgehead atoms. The summed E-state index contributed by atoms with van der Waals surface area (Å²) in [6.07, 6.45) is 2.37. The molecule has 0 aromatic carbocycles. The predicted molar refractivity (Wildman–Crippen MR) is 52.0 cm³/mol. The van der Waals surface area contributed by atoms with Crippen molar-refractivity contribution in [2.24, 2.45) is 4.99 Å². The molecule has 1 unspecified atom stereocenters. The van der Waals surface area contributed by atoms with E-state index in [0.29, 0.717) is 17.1 Å². The highest BCUT2D eigenvalue weighted by atomic mass is 32.2. The average Bonchev–Trinajstić information content (AvgIpc) is 2.44.